The van der Waals surface area contributed by atoms with Crippen molar-refractivity contribution in [2.45, 2.75) is 19.8 Å². The van der Waals surface area contributed by atoms with Gasteiger partial charge in [0.05, 0.1) is 0 Å². The van der Waals surface area contributed by atoms with E-state index in [1.807, 2.05) is 31.2 Å². The van der Waals surface area contributed by atoms with E-state index in [2.05, 4.69) is 15.3 Å². The van der Waals surface area contributed by atoms with Crippen molar-refractivity contribution in [3.63, 3.8) is 0 Å². The van der Waals surface area contributed by atoms with Crippen molar-refractivity contribution >= 4 is 51.8 Å². The molecule has 0 saturated heterocycles. The third-order valence-corrected chi connectivity index (χ3v) is 5.22. The minimum Gasteiger partial charge on any atom is -0.340 e. The molecule has 0 bridgehead atoms. The molecule has 0 aromatic heterocycles. The summed E-state index contributed by atoms with van der Waals surface area (Å²) in [7, 11) is -2.25. The van der Waals surface area contributed by atoms with Crippen LogP contribution in [-0.2, 0) is 4.57 Å². The second-order valence-corrected chi connectivity index (χ2v) is 9.37. The van der Waals surface area contributed by atoms with Gasteiger partial charge in [0.15, 0.2) is 0 Å². The summed E-state index contributed by atoms with van der Waals surface area (Å²) in [6.07, 6.45) is 1.32. The van der Waals surface area contributed by atoms with E-state index < -0.39 is 7.14 Å². The Morgan fingerprint density at radius 3 is 2.36 bits per heavy atom. The molecule has 7 heteroatoms. The molecule has 22 heavy (non-hydrogen) atoms. The van der Waals surface area contributed by atoms with E-state index in [1.165, 1.54) is 0 Å². The van der Waals surface area contributed by atoms with E-state index in [0.717, 1.165) is 23.0 Å². The third-order valence-electron chi connectivity index (χ3n) is 3.29. The second kappa shape index (κ2) is 6.99. The Morgan fingerprint density at radius 2 is 1.82 bits per heavy atom. The minimum absolute atomic E-state index is 0.110. The van der Waals surface area contributed by atoms with Crippen molar-refractivity contribution < 1.29 is 4.57 Å². The van der Waals surface area contributed by atoms with Crippen LogP contribution in [0.3, 0.4) is 0 Å². The number of aliphatic imine (C=N–C) groups is 2. The third kappa shape index (κ3) is 4.45. The molecule has 1 aromatic rings. The van der Waals surface area contributed by atoms with Crippen LogP contribution in [0.25, 0.3) is 0 Å². The molecule has 1 aliphatic rings. The number of hydrogen-bond acceptors (Lipinski definition) is 4. The van der Waals surface area contributed by atoms with Crippen LogP contribution in [0, 0.1) is 0 Å². The monoisotopic (exact) mass is 357 g/mol. The van der Waals surface area contributed by atoms with E-state index in [9.17, 15) is 4.57 Å². The van der Waals surface area contributed by atoms with Crippen LogP contribution < -0.4 is 10.6 Å². The summed E-state index contributed by atoms with van der Waals surface area (Å²) in [6.45, 7) is 5.53. The Labute approximate surface area is 140 Å². The van der Waals surface area contributed by atoms with E-state index in [4.69, 9.17) is 23.2 Å². The Balaban J connectivity index is 2.29. The molecule has 0 amide bonds. The fraction of sp³-hybridized carbons (Fsp3) is 0.333. The van der Waals surface area contributed by atoms with Gasteiger partial charge in [-0.1, -0.05) is 18.5 Å². The molecule has 0 saturated carbocycles. The number of rotatable bonds is 4. The van der Waals surface area contributed by atoms with Gasteiger partial charge in [-0.2, -0.15) is 0 Å². The standard InChI is InChI=1S/C15H18Cl2N3OP/c1-4-10-9-13(16)19-15(17)20-14(10)18-11-5-7-12(8-6-11)22(2,3)21/h5-8,18H,4,9H2,1-3H3. The van der Waals surface area contributed by atoms with Crippen LogP contribution in [0.5, 0.6) is 0 Å². The van der Waals surface area contributed by atoms with Crippen LogP contribution in [0.1, 0.15) is 19.8 Å². The number of allylic oxidation sites excluding steroid dienone is 1. The van der Waals surface area contributed by atoms with E-state index >= 15 is 0 Å². The van der Waals surface area contributed by atoms with Crippen LogP contribution in [0.4, 0.5) is 5.69 Å². The van der Waals surface area contributed by atoms with Gasteiger partial charge in [0, 0.05) is 17.4 Å². The maximum atomic E-state index is 12.0. The van der Waals surface area contributed by atoms with Crippen molar-refractivity contribution in [3.05, 3.63) is 35.7 Å². The van der Waals surface area contributed by atoms with Gasteiger partial charge >= 0.3 is 0 Å². The smallest absolute Gasteiger partial charge is 0.225 e. The molecule has 0 unspecified atom stereocenters. The molecular weight excluding hydrogens is 340 g/mol. The summed E-state index contributed by atoms with van der Waals surface area (Å²) >= 11 is 12.0. The SMILES string of the molecule is CCC1=C(Nc2ccc(P(C)(C)=O)cc2)N=C(Cl)N=C(Cl)C1. The number of nitrogens with zero attached hydrogens (tertiary/aromatic N) is 2. The fourth-order valence-corrected chi connectivity index (χ4v) is 3.38. The molecule has 1 heterocycles. The molecule has 1 aliphatic heterocycles. The van der Waals surface area contributed by atoms with Gasteiger partial charge in [0.1, 0.15) is 18.1 Å². The zero-order valence-electron chi connectivity index (χ0n) is 12.7. The summed E-state index contributed by atoms with van der Waals surface area (Å²) in [6, 6.07) is 7.49. The average molecular weight is 358 g/mol. The molecule has 1 aromatic carbocycles. The van der Waals surface area contributed by atoms with Gasteiger partial charge < -0.3 is 9.88 Å². The zero-order valence-corrected chi connectivity index (χ0v) is 15.1. The van der Waals surface area contributed by atoms with Crippen LogP contribution in [0.2, 0.25) is 0 Å². The maximum Gasteiger partial charge on any atom is 0.225 e. The second-order valence-electron chi connectivity index (χ2n) is 5.37. The minimum atomic E-state index is -2.25. The summed E-state index contributed by atoms with van der Waals surface area (Å²) < 4.78 is 12.0. The van der Waals surface area contributed by atoms with Crippen molar-refractivity contribution in [1.82, 2.24) is 0 Å². The largest absolute Gasteiger partial charge is 0.340 e. The highest BCUT2D eigenvalue weighted by molar-refractivity contribution is 7.70. The lowest BCUT2D eigenvalue weighted by molar-refractivity contribution is 0.588. The van der Waals surface area contributed by atoms with Crippen molar-refractivity contribution in [1.29, 1.82) is 0 Å². The Hall–Kier alpha value is -1.09. The molecule has 2 rings (SSSR count). The van der Waals surface area contributed by atoms with Crippen molar-refractivity contribution in [2.24, 2.45) is 9.98 Å². The summed E-state index contributed by atoms with van der Waals surface area (Å²) in [5.41, 5.74) is 1.88. The molecule has 0 radical (unpaired) electrons. The Kier molecular flexibility index (Phi) is 5.49. The molecule has 118 valence electrons. The molecule has 0 aliphatic carbocycles. The summed E-state index contributed by atoms with van der Waals surface area (Å²) in [4.78, 5) is 8.26. The maximum absolute atomic E-state index is 12.0. The quantitative estimate of drug-likeness (QED) is 0.632. The lowest BCUT2D eigenvalue weighted by atomic mass is 10.1. The van der Waals surface area contributed by atoms with Gasteiger partial charge in [-0.15, -0.1) is 0 Å². The molecule has 0 atom stereocenters. The van der Waals surface area contributed by atoms with Gasteiger partial charge in [0.25, 0.3) is 0 Å². The molecule has 0 fully saturated rings. The van der Waals surface area contributed by atoms with Crippen LogP contribution in [-0.4, -0.2) is 23.8 Å². The van der Waals surface area contributed by atoms with Crippen molar-refractivity contribution in [3.8, 4) is 0 Å². The van der Waals surface area contributed by atoms with E-state index in [-0.39, 0.29) is 5.29 Å². The average Bonchev–Trinajstić information content (AvgIpc) is 2.56. The highest BCUT2D eigenvalue weighted by Gasteiger charge is 2.14. The molecular formula is C15H18Cl2N3OP. The topological polar surface area (TPSA) is 53.8 Å². The van der Waals surface area contributed by atoms with E-state index in [0.29, 0.717) is 17.4 Å². The van der Waals surface area contributed by atoms with Gasteiger partial charge in [-0.05, 0) is 61.2 Å². The number of benzene rings is 1. The molecule has 0 spiro atoms. The number of amidine groups is 1. The first-order chi connectivity index (χ1) is 10.3. The number of halogens is 2. The first kappa shape index (κ1) is 17.3. The summed E-state index contributed by atoms with van der Waals surface area (Å²) in [5, 5.41) is 4.62. The van der Waals surface area contributed by atoms with Gasteiger partial charge in [-0.3, -0.25) is 0 Å². The lowest BCUT2D eigenvalue weighted by Gasteiger charge is -2.12. The lowest BCUT2D eigenvalue weighted by Crippen LogP contribution is -2.06. The molecule has 4 nitrogen and oxygen atoms in total. The van der Waals surface area contributed by atoms with Crippen LogP contribution in [0.15, 0.2) is 45.6 Å². The normalized spacial score (nSPS) is 16.0. The first-order valence-corrected chi connectivity index (χ1v) is 10.3. The predicted molar refractivity (Wildman–Crippen MR) is 97.7 cm³/mol. The number of anilines is 1. The van der Waals surface area contributed by atoms with Gasteiger partial charge in [-0.25, -0.2) is 9.98 Å². The van der Waals surface area contributed by atoms with Crippen LogP contribution >= 0.6 is 30.3 Å². The first-order valence-electron chi connectivity index (χ1n) is 6.91. The predicted octanol–water partition coefficient (Wildman–Crippen LogP) is 4.60. The number of hydrogen-bond donors (Lipinski definition) is 1. The molecule has 1 N–H and O–H groups in total. The van der Waals surface area contributed by atoms with Gasteiger partial charge in [0.2, 0.25) is 5.29 Å². The van der Waals surface area contributed by atoms with Crippen molar-refractivity contribution in [2.75, 3.05) is 18.6 Å². The zero-order chi connectivity index (χ0) is 16.3. The Bertz CT molecular complexity index is 702. The number of nitrogens with one attached hydrogen (secondary N) is 1. The highest BCUT2D eigenvalue weighted by atomic mass is 35.5. The fourth-order valence-electron chi connectivity index (χ4n) is 2.05. The van der Waals surface area contributed by atoms with E-state index in [1.54, 1.807) is 13.3 Å². The summed E-state index contributed by atoms with van der Waals surface area (Å²) in [5.74, 6) is 0.663. The Morgan fingerprint density at radius 1 is 1.18 bits per heavy atom. The highest BCUT2D eigenvalue weighted by Crippen LogP contribution is 2.34.